The summed E-state index contributed by atoms with van der Waals surface area (Å²) in [5, 5.41) is 9.27. The van der Waals surface area contributed by atoms with Gasteiger partial charge in [0.1, 0.15) is 11.5 Å². The van der Waals surface area contributed by atoms with E-state index in [0.29, 0.717) is 12.4 Å². The molecule has 0 fully saturated rings. The Bertz CT molecular complexity index is 497. The summed E-state index contributed by atoms with van der Waals surface area (Å²) in [5.41, 5.74) is 7.69. The minimum atomic E-state index is 0.210. The molecule has 0 heterocycles. The molecule has 0 amide bonds. The molecule has 0 spiro atoms. The number of rotatable bonds is 4. The lowest BCUT2D eigenvalue weighted by Crippen LogP contribution is -2.03. The molecular formula is C14H15NO2. The fourth-order valence-electron chi connectivity index (χ4n) is 1.61. The highest BCUT2D eigenvalue weighted by atomic mass is 16.5. The van der Waals surface area contributed by atoms with Gasteiger partial charge in [-0.2, -0.15) is 0 Å². The van der Waals surface area contributed by atoms with Gasteiger partial charge in [0.05, 0.1) is 6.61 Å². The molecule has 17 heavy (non-hydrogen) atoms. The van der Waals surface area contributed by atoms with E-state index in [2.05, 4.69) is 0 Å². The fourth-order valence-corrected chi connectivity index (χ4v) is 1.61. The van der Waals surface area contributed by atoms with E-state index in [1.807, 2.05) is 30.3 Å². The van der Waals surface area contributed by atoms with Gasteiger partial charge in [0.2, 0.25) is 0 Å². The van der Waals surface area contributed by atoms with Crippen molar-refractivity contribution >= 4 is 5.69 Å². The Labute approximate surface area is 100 Å². The van der Waals surface area contributed by atoms with Crippen molar-refractivity contribution < 1.29 is 9.84 Å². The Morgan fingerprint density at radius 1 is 1.06 bits per heavy atom. The molecule has 0 unspecified atom stereocenters. The van der Waals surface area contributed by atoms with Gasteiger partial charge in [0.15, 0.2) is 0 Å². The van der Waals surface area contributed by atoms with Crippen LogP contribution in [0.25, 0.3) is 0 Å². The first-order chi connectivity index (χ1) is 8.25. The zero-order valence-electron chi connectivity index (χ0n) is 9.47. The Hall–Kier alpha value is -2.16. The minimum absolute atomic E-state index is 0.210. The average Bonchev–Trinajstić information content (AvgIpc) is 2.32. The van der Waals surface area contributed by atoms with Gasteiger partial charge in [-0.15, -0.1) is 0 Å². The Balaban J connectivity index is 1.90. The fraction of sp³-hybridized carbons (Fsp3) is 0.143. The molecule has 0 aliphatic heterocycles. The van der Waals surface area contributed by atoms with E-state index in [1.165, 1.54) is 0 Å². The molecule has 2 rings (SSSR count). The maximum absolute atomic E-state index is 9.27. The molecule has 3 nitrogen and oxygen atoms in total. The molecular weight excluding hydrogens is 214 g/mol. The molecule has 3 N–H and O–H groups in total. The Kier molecular flexibility index (Phi) is 3.50. The minimum Gasteiger partial charge on any atom is -0.508 e. The largest absolute Gasteiger partial charge is 0.508 e. The van der Waals surface area contributed by atoms with Crippen molar-refractivity contribution in [2.75, 3.05) is 12.3 Å². The lowest BCUT2D eigenvalue weighted by Gasteiger charge is -2.08. The SMILES string of the molecule is Nc1ccccc1CCOc1cccc(O)c1. The second kappa shape index (κ2) is 5.25. The number of anilines is 1. The van der Waals surface area contributed by atoms with Crippen molar-refractivity contribution in [3.05, 3.63) is 54.1 Å². The number of aromatic hydroxyl groups is 1. The van der Waals surface area contributed by atoms with Gasteiger partial charge < -0.3 is 15.6 Å². The highest BCUT2D eigenvalue weighted by Gasteiger charge is 1.99. The molecule has 2 aromatic rings. The summed E-state index contributed by atoms with van der Waals surface area (Å²) in [6.07, 6.45) is 0.752. The van der Waals surface area contributed by atoms with Crippen molar-refractivity contribution in [2.24, 2.45) is 0 Å². The molecule has 2 aromatic carbocycles. The zero-order chi connectivity index (χ0) is 12.1. The number of phenolic OH excluding ortho intramolecular Hbond substituents is 1. The standard InChI is InChI=1S/C14H15NO2/c15-14-7-2-1-4-11(14)8-9-17-13-6-3-5-12(16)10-13/h1-7,10,16H,8-9,15H2. The summed E-state index contributed by atoms with van der Waals surface area (Å²) in [6, 6.07) is 14.5. The van der Waals surface area contributed by atoms with Crippen molar-refractivity contribution in [3.63, 3.8) is 0 Å². The van der Waals surface area contributed by atoms with E-state index >= 15 is 0 Å². The summed E-state index contributed by atoms with van der Waals surface area (Å²) in [4.78, 5) is 0. The smallest absolute Gasteiger partial charge is 0.122 e. The molecule has 0 aliphatic rings. The average molecular weight is 229 g/mol. The predicted molar refractivity (Wildman–Crippen MR) is 68.2 cm³/mol. The third-order valence-corrected chi connectivity index (χ3v) is 2.51. The monoisotopic (exact) mass is 229 g/mol. The molecule has 0 saturated heterocycles. The summed E-state index contributed by atoms with van der Waals surface area (Å²) < 4.78 is 5.53. The van der Waals surface area contributed by atoms with Gasteiger partial charge in [-0.05, 0) is 23.8 Å². The molecule has 0 saturated carbocycles. The molecule has 0 aliphatic carbocycles. The maximum Gasteiger partial charge on any atom is 0.122 e. The summed E-state index contributed by atoms with van der Waals surface area (Å²) in [7, 11) is 0. The van der Waals surface area contributed by atoms with Crippen LogP contribution in [0.3, 0.4) is 0 Å². The normalized spacial score (nSPS) is 10.1. The van der Waals surface area contributed by atoms with E-state index in [-0.39, 0.29) is 5.75 Å². The number of nitrogen functional groups attached to an aromatic ring is 1. The highest BCUT2D eigenvalue weighted by molar-refractivity contribution is 5.46. The van der Waals surface area contributed by atoms with E-state index in [9.17, 15) is 5.11 Å². The number of nitrogens with two attached hydrogens (primary N) is 1. The van der Waals surface area contributed by atoms with Gasteiger partial charge in [-0.1, -0.05) is 24.3 Å². The lowest BCUT2D eigenvalue weighted by molar-refractivity contribution is 0.320. The first-order valence-electron chi connectivity index (χ1n) is 5.51. The van der Waals surface area contributed by atoms with Crippen molar-refractivity contribution in [1.29, 1.82) is 0 Å². The third-order valence-electron chi connectivity index (χ3n) is 2.51. The molecule has 0 radical (unpaired) electrons. The molecule has 88 valence electrons. The number of benzene rings is 2. The van der Waals surface area contributed by atoms with E-state index in [0.717, 1.165) is 17.7 Å². The first-order valence-corrected chi connectivity index (χ1v) is 5.51. The van der Waals surface area contributed by atoms with Crippen molar-refractivity contribution in [3.8, 4) is 11.5 Å². The van der Waals surface area contributed by atoms with Gasteiger partial charge in [0, 0.05) is 18.2 Å². The predicted octanol–water partition coefficient (Wildman–Crippen LogP) is 2.60. The number of hydrogen-bond acceptors (Lipinski definition) is 3. The van der Waals surface area contributed by atoms with Gasteiger partial charge in [0.25, 0.3) is 0 Å². The first kappa shape index (κ1) is 11.3. The number of phenols is 1. The summed E-state index contributed by atoms with van der Waals surface area (Å²) >= 11 is 0. The van der Waals surface area contributed by atoms with Crippen LogP contribution >= 0.6 is 0 Å². The second-order valence-electron chi connectivity index (χ2n) is 3.79. The number of para-hydroxylation sites is 1. The second-order valence-corrected chi connectivity index (χ2v) is 3.79. The van der Waals surface area contributed by atoms with Gasteiger partial charge >= 0.3 is 0 Å². The quantitative estimate of drug-likeness (QED) is 0.792. The van der Waals surface area contributed by atoms with Crippen LogP contribution in [0.4, 0.5) is 5.69 Å². The molecule has 0 atom stereocenters. The summed E-state index contributed by atoms with van der Waals surface area (Å²) in [5.74, 6) is 0.876. The van der Waals surface area contributed by atoms with Crippen LogP contribution in [0.15, 0.2) is 48.5 Å². The highest BCUT2D eigenvalue weighted by Crippen LogP contribution is 2.18. The molecule has 3 heteroatoms. The Morgan fingerprint density at radius 3 is 2.65 bits per heavy atom. The van der Waals surface area contributed by atoms with Crippen LogP contribution in [0.5, 0.6) is 11.5 Å². The van der Waals surface area contributed by atoms with Crippen LogP contribution in [0.1, 0.15) is 5.56 Å². The number of ether oxygens (including phenoxy) is 1. The van der Waals surface area contributed by atoms with E-state index in [1.54, 1.807) is 18.2 Å². The van der Waals surface area contributed by atoms with Crippen LogP contribution in [-0.4, -0.2) is 11.7 Å². The van der Waals surface area contributed by atoms with E-state index in [4.69, 9.17) is 10.5 Å². The van der Waals surface area contributed by atoms with Gasteiger partial charge in [-0.3, -0.25) is 0 Å². The summed E-state index contributed by atoms with van der Waals surface area (Å²) in [6.45, 7) is 0.539. The van der Waals surface area contributed by atoms with Gasteiger partial charge in [-0.25, -0.2) is 0 Å². The topological polar surface area (TPSA) is 55.5 Å². The third kappa shape index (κ3) is 3.14. The number of hydrogen-bond donors (Lipinski definition) is 2. The van der Waals surface area contributed by atoms with E-state index < -0.39 is 0 Å². The maximum atomic E-state index is 9.27. The van der Waals surface area contributed by atoms with Crippen molar-refractivity contribution in [2.45, 2.75) is 6.42 Å². The zero-order valence-corrected chi connectivity index (χ0v) is 9.47. The molecule has 0 aromatic heterocycles. The van der Waals surface area contributed by atoms with Crippen molar-refractivity contribution in [1.82, 2.24) is 0 Å². The lowest BCUT2D eigenvalue weighted by atomic mass is 10.1. The Morgan fingerprint density at radius 2 is 1.88 bits per heavy atom. The van der Waals surface area contributed by atoms with Crippen LogP contribution < -0.4 is 10.5 Å². The van der Waals surface area contributed by atoms with Crippen LogP contribution in [-0.2, 0) is 6.42 Å². The van der Waals surface area contributed by atoms with Crippen LogP contribution in [0, 0.1) is 0 Å². The van der Waals surface area contributed by atoms with Crippen LogP contribution in [0.2, 0.25) is 0 Å². The molecule has 0 bridgehead atoms.